The zero-order valence-electron chi connectivity index (χ0n) is 15.0. The molecule has 0 heterocycles. The molecule has 6 nitrogen and oxygen atoms in total. The molecule has 3 aromatic carbocycles. The minimum Gasteiger partial charge on any atom is -0.456 e. The highest BCUT2D eigenvalue weighted by molar-refractivity contribution is 7.92. The summed E-state index contributed by atoms with van der Waals surface area (Å²) in [4.78, 5) is 0.0533. The molecule has 0 saturated carbocycles. The Morgan fingerprint density at radius 3 is 2.28 bits per heavy atom. The maximum atomic E-state index is 12.6. The second-order valence-corrected chi connectivity index (χ2v) is 8.03. The van der Waals surface area contributed by atoms with E-state index in [-0.39, 0.29) is 27.7 Å². The van der Waals surface area contributed by atoms with Gasteiger partial charge in [0, 0.05) is 5.69 Å². The summed E-state index contributed by atoms with van der Waals surface area (Å²) >= 11 is 5.98. The topological polar surface area (TPSA) is 103 Å². The van der Waals surface area contributed by atoms with Crippen LogP contribution in [0.3, 0.4) is 0 Å². The van der Waals surface area contributed by atoms with Crippen molar-refractivity contribution in [3.05, 3.63) is 82.9 Å². The van der Waals surface area contributed by atoms with Crippen molar-refractivity contribution in [1.29, 1.82) is 10.5 Å². The van der Waals surface area contributed by atoms with E-state index in [9.17, 15) is 13.7 Å². The molecule has 0 radical (unpaired) electrons. The maximum Gasteiger partial charge on any atom is 0.261 e. The summed E-state index contributed by atoms with van der Waals surface area (Å²) in [5, 5.41) is 18.2. The molecule has 3 rings (SSSR count). The molecule has 0 spiro atoms. The number of hydrogen-bond acceptors (Lipinski definition) is 5. The Morgan fingerprint density at radius 2 is 1.66 bits per heavy atom. The fourth-order valence-electron chi connectivity index (χ4n) is 2.51. The Labute approximate surface area is 173 Å². The summed E-state index contributed by atoms with van der Waals surface area (Å²) in [5.74, 6) is 0.648. The first kappa shape index (κ1) is 20.2. The van der Waals surface area contributed by atoms with E-state index in [0.29, 0.717) is 11.4 Å². The van der Waals surface area contributed by atoms with Gasteiger partial charge in [0.1, 0.15) is 23.1 Å². The van der Waals surface area contributed by atoms with Crippen LogP contribution in [0.25, 0.3) is 0 Å². The van der Waals surface area contributed by atoms with Crippen molar-refractivity contribution in [2.75, 3.05) is 4.72 Å². The highest BCUT2D eigenvalue weighted by Crippen LogP contribution is 2.30. The first-order valence-corrected chi connectivity index (χ1v) is 10.2. The van der Waals surface area contributed by atoms with Crippen molar-refractivity contribution < 1.29 is 13.2 Å². The van der Waals surface area contributed by atoms with Gasteiger partial charge in [0.05, 0.1) is 22.4 Å². The lowest BCUT2D eigenvalue weighted by atomic mass is 10.1. The minimum atomic E-state index is -3.79. The van der Waals surface area contributed by atoms with Crippen molar-refractivity contribution in [3.63, 3.8) is 0 Å². The second-order valence-electron chi connectivity index (χ2n) is 5.94. The van der Waals surface area contributed by atoms with Crippen LogP contribution < -0.4 is 9.46 Å². The molecule has 0 fully saturated rings. The molecule has 8 heteroatoms. The summed E-state index contributed by atoms with van der Waals surface area (Å²) in [6.07, 6.45) is 0.259. The van der Waals surface area contributed by atoms with Crippen molar-refractivity contribution >= 4 is 27.3 Å². The summed E-state index contributed by atoms with van der Waals surface area (Å²) in [6.45, 7) is 0. The number of rotatable bonds is 6. The van der Waals surface area contributed by atoms with Crippen LogP contribution in [-0.2, 0) is 16.4 Å². The summed E-state index contributed by atoms with van der Waals surface area (Å²) in [6, 6.07) is 21.2. The molecular weight excluding hydrogens is 410 g/mol. The average Bonchev–Trinajstić information content (AvgIpc) is 2.70. The molecule has 29 heavy (non-hydrogen) atoms. The molecule has 1 N–H and O–H groups in total. The number of nitrogens with zero attached hydrogens (tertiary/aromatic N) is 2. The van der Waals surface area contributed by atoms with E-state index in [2.05, 4.69) is 4.72 Å². The van der Waals surface area contributed by atoms with Gasteiger partial charge < -0.3 is 4.74 Å². The van der Waals surface area contributed by atoms with Crippen LogP contribution in [0.15, 0.2) is 71.6 Å². The zero-order valence-corrected chi connectivity index (χ0v) is 16.5. The molecular formula is C21H14ClN3O3S. The predicted molar refractivity (Wildman–Crippen MR) is 109 cm³/mol. The second kappa shape index (κ2) is 8.66. The van der Waals surface area contributed by atoms with Crippen LogP contribution in [0.2, 0.25) is 5.02 Å². The largest absolute Gasteiger partial charge is 0.456 e. The van der Waals surface area contributed by atoms with Crippen molar-refractivity contribution in [2.45, 2.75) is 11.3 Å². The lowest BCUT2D eigenvalue weighted by Crippen LogP contribution is -2.12. The number of benzene rings is 3. The fourth-order valence-corrected chi connectivity index (χ4v) is 3.77. The molecule has 0 amide bonds. The van der Waals surface area contributed by atoms with Gasteiger partial charge in [0.15, 0.2) is 0 Å². The van der Waals surface area contributed by atoms with E-state index in [4.69, 9.17) is 21.6 Å². The van der Waals surface area contributed by atoms with Crippen LogP contribution in [-0.4, -0.2) is 8.42 Å². The van der Waals surface area contributed by atoms with E-state index in [1.54, 1.807) is 42.5 Å². The Kier molecular flexibility index (Phi) is 6.04. The third kappa shape index (κ3) is 4.85. The summed E-state index contributed by atoms with van der Waals surface area (Å²) in [7, 11) is -3.79. The molecule has 144 valence electrons. The number of halogens is 1. The normalized spacial score (nSPS) is 10.6. The third-order valence-corrected chi connectivity index (χ3v) is 5.65. The number of nitriles is 2. The van der Waals surface area contributed by atoms with E-state index in [1.807, 2.05) is 12.1 Å². The highest BCUT2D eigenvalue weighted by atomic mass is 35.5. The van der Waals surface area contributed by atoms with Gasteiger partial charge in [0.2, 0.25) is 0 Å². The summed E-state index contributed by atoms with van der Waals surface area (Å²) < 4.78 is 33.3. The quantitative estimate of drug-likeness (QED) is 0.609. The van der Waals surface area contributed by atoms with Crippen molar-refractivity contribution in [1.82, 2.24) is 0 Å². The van der Waals surface area contributed by atoms with E-state index < -0.39 is 10.0 Å². The monoisotopic (exact) mass is 423 g/mol. The Hall–Kier alpha value is -3.52. The van der Waals surface area contributed by atoms with E-state index in [0.717, 1.165) is 5.56 Å². The summed E-state index contributed by atoms with van der Waals surface area (Å²) in [5.41, 5.74) is 1.40. The molecule has 0 aliphatic carbocycles. The first-order chi connectivity index (χ1) is 13.9. The van der Waals surface area contributed by atoms with Crippen molar-refractivity contribution in [3.8, 4) is 23.6 Å². The zero-order chi connectivity index (χ0) is 20.9. The first-order valence-electron chi connectivity index (χ1n) is 8.38. The van der Waals surface area contributed by atoms with Gasteiger partial charge in [-0.15, -0.1) is 0 Å². The average molecular weight is 424 g/mol. The van der Waals surface area contributed by atoms with E-state index >= 15 is 0 Å². The fraction of sp³-hybridized carbons (Fsp3) is 0.0476. The Morgan fingerprint density at radius 1 is 0.966 bits per heavy atom. The van der Waals surface area contributed by atoms with Crippen molar-refractivity contribution in [2.24, 2.45) is 0 Å². The molecule has 0 saturated heterocycles. The number of ether oxygens (including phenoxy) is 1. The van der Waals surface area contributed by atoms with Crippen LogP contribution >= 0.6 is 11.6 Å². The number of hydrogen-bond donors (Lipinski definition) is 1. The number of sulfonamides is 1. The van der Waals surface area contributed by atoms with Gasteiger partial charge in [-0.2, -0.15) is 10.5 Å². The third-order valence-electron chi connectivity index (χ3n) is 3.94. The van der Waals surface area contributed by atoms with Gasteiger partial charge in [-0.3, -0.25) is 4.72 Å². The molecule has 0 unspecified atom stereocenters. The molecule has 3 aromatic rings. The lowest BCUT2D eigenvalue weighted by Gasteiger charge is -2.11. The van der Waals surface area contributed by atoms with Gasteiger partial charge in [-0.1, -0.05) is 29.8 Å². The molecule has 0 aliphatic heterocycles. The smallest absolute Gasteiger partial charge is 0.261 e. The molecule has 0 aromatic heterocycles. The van der Waals surface area contributed by atoms with Crippen LogP contribution in [0, 0.1) is 22.7 Å². The maximum absolute atomic E-state index is 12.6. The van der Waals surface area contributed by atoms with Crippen LogP contribution in [0.5, 0.6) is 11.5 Å². The van der Waals surface area contributed by atoms with Gasteiger partial charge in [-0.25, -0.2) is 8.42 Å². The van der Waals surface area contributed by atoms with Crippen LogP contribution in [0.1, 0.15) is 11.1 Å². The van der Waals surface area contributed by atoms with Crippen LogP contribution in [0.4, 0.5) is 5.69 Å². The number of nitrogens with one attached hydrogen (secondary N) is 1. The standard InChI is InChI=1S/C21H14ClN3O3S/c22-20-2-1-3-21(19(20)14-24)28-17-8-10-18(11-9-17)29(26,27)25-16-6-4-15(5-7-16)12-13-23/h1-11,25H,12H2. The lowest BCUT2D eigenvalue weighted by molar-refractivity contribution is 0.480. The van der Waals surface area contributed by atoms with E-state index in [1.165, 1.54) is 24.3 Å². The van der Waals surface area contributed by atoms with Gasteiger partial charge in [-0.05, 0) is 54.1 Å². The van der Waals surface area contributed by atoms with Gasteiger partial charge >= 0.3 is 0 Å². The Bertz CT molecular complexity index is 1210. The number of anilines is 1. The molecule has 0 bridgehead atoms. The molecule has 0 aliphatic rings. The highest BCUT2D eigenvalue weighted by Gasteiger charge is 2.15. The van der Waals surface area contributed by atoms with Gasteiger partial charge in [0.25, 0.3) is 10.0 Å². The molecule has 0 atom stereocenters. The Balaban J connectivity index is 1.76. The minimum absolute atomic E-state index is 0.0533. The predicted octanol–water partition coefficient (Wildman–Crippen LogP) is 4.87. The SMILES string of the molecule is N#CCc1ccc(NS(=O)(=O)c2ccc(Oc3cccc(Cl)c3C#N)cc2)cc1.